The Balaban J connectivity index is 1.68. The number of ketones is 1. The average molecular weight is 499 g/mol. The molecule has 0 unspecified atom stereocenters. The van der Waals surface area contributed by atoms with Crippen molar-refractivity contribution in [3.63, 3.8) is 0 Å². The van der Waals surface area contributed by atoms with Gasteiger partial charge in [0.2, 0.25) is 6.79 Å². The third kappa shape index (κ3) is 3.96. The number of fused-ring (bicyclic) bond motifs is 1. The lowest BCUT2D eigenvalue weighted by Gasteiger charge is -2.20. The number of nitrogens with zero attached hydrogens (tertiary/aromatic N) is 2. The van der Waals surface area contributed by atoms with Crippen LogP contribution in [0.5, 0.6) is 11.5 Å². The summed E-state index contributed by atoms with van der Waals surface area (Å²) in [7, 11) is -2.90. The molecule has 0 spiro atoms. The third-order valence-corrected chi connectivity index (χ3v) is 8.15. The lowest BCUT2D eigenvalue weighted by atomic mass is 10.0. The summed E-state index contributed by atoms with van der Waals surface area (Å²) in [5.41, 5.74) is 1.89. The summed E-state index contributed by atoms with van der Waals surface area (Å²) in [6.45, 7) is 3.19. The predicted molar refractivity (Wildman–Crippen MR) is 117 cm³/mol. The highest BCUT2D eigenvalue weighted by molar-refractivity contribution is 7.93. The summed E-state index contributed by atoms with van der Waals surface area (Å²) < 4.78 is 48.7. The minimum Gasteiger partial charge on any atom is -0.454 e. The van der Waals surface area contributed by atoms with Gasteiger partial charge in [0, 0.05) is 13.5 Å². The monoisotopic (exact) mass is 498 g/mol. The SMILES string of the molecule is COCN(c1onc(C)c1Cl)S(=O)(=O)c1ccsc1C(=O)Cc1cc2c(cc1C)OCO2. The van der Waals surface area contributed by atoms with Crippen LogP contribution in [-0.2, 0) is 21.2 Å². The van der Waals surface area contributed by atoms with Crippen molar-refractivity contribution in [2.75, 3.05) is 24.9 Å². The number of carbonyl (C=O) groups is 1. The lowest BCUT2D eigenvalue weighted by molar-refractivity contribution is 0.0993. The van der Waals surface area contributed by atoms with Crippen LogP contribution in [0.25, 0.3) is 0 Å². The molecule has 3 heterocycles. The second kappa shape index (κ2) is 8.74. The van der Waals surface area contributed by atoms with Crippen LogP contribution in [0.1, 0.15) is 26.5 Å². The first-order valence-corrected chi connectivity index (χ1v) is 12.1. The predicted octanol–water partition coefficient (Wildman–Crippen LogP) is 3.96. The fourth-order valence-electron chi connectivity index (χ4n) is 3.21. The van der Waals surface area contributed by atoms with E-state index in [4.69, 9.17) is 30.3 Å². The second-order valence-corrected chi connectivity index (χ2v) is 10.1. The normalized spacial score (nSPS) is 12.9. The maximum atomic E-state index is 13.5. The standard InChI is InChI=1S/C20H19ClN2O7S2/c1-11-6-15-16(29-10-28-15)8-13(11)7-14(24)19-17(4-5-31-19)32(25,26)23(9-27-3)20-18(21)12(2)22-30-20/h4-6,8H,7,9-10H2,1-3H3. The van der Waals surface area contributed by atoms with Gasteiger partial charge in [0.05, 0.1) is 4.88 Å². The number of benzene rings is 1. The Labute approximate surface area is 193 Å². The molecule has 4 rings (SSSR count). The minimum absolute atomic E-state index is 0.00203. The molecule has 0 amide bonds. The van der Waals surface area contributed by atoms with Gasteiger partial charge in [0.1, 0.15) is 22.3 Å². The smallest absolute Gasteiger partial charge is 0.270 e. The van der Waals surface area contributed by atoms with Crippen LogP contribution in [0.4, 0.5) is 5.88 Å². The molecule has 0 bridgehead atoms. The van der Waals surface area contributed by atoms with Crippen LogP contribution in [0.3, 0.4) is 0 Å². The summed E-state index contributed by atoms with van der Waals surface area (Å²) in [4.78, 5) is 13.1. The number of aromatic nitrogens is 1. The molecule has 2 aromatic heterocycles. The van der Waals surface area contributed by atoms with Gasteiger partial charge in [0.25, 0.3) is 15.9 Å². The Morgan fingerprint density at radius 3 is 2.66 bits per heavy atom. The number of ether oxygens (including phenoxy) is 3. The molecule has 0 N–H and O–H groups in total. The van der Waals surface area contributed by atoms with Crippen LogP contribution >= 0.6 is 22.9 Å². The largest absolute Gasteiger partial charge is 0.454 e. The molecule has 170 valence electrons. The third-order valence-electron chi connectivity index (χ3n) is 4.88. The Kier molecular flexibility index (Phi) is 6.17. The molecular formula is C20H19ClN2O7S2. The van der Waals surface area contributed by atoms with Gasteiger partial charge in [-0.15, -0.1) is 11.3 Å². The summed E-state index contributed by atoms with van der Waals surface area (Å²) in [5, 5.41) is 5.30. The number of halogens is 1. The van der Waals surface area contributed by atoms with Gasteiger partial charge < -0.3 is 18.7 Å². The molecule has 0 atom stereocenters. The van der Waals surface area contributed by atoms with Crippen LogP contribution in [0, 0.1) is 13.8 Å². The summed E-state index contributed by atoms with van der Waals surface area (Å²) >= 11 is 7.22. The van der Waals surface area contributed by atoms with Gasteiger partial charge in [-0.1, -0.05) is 16.8 Å². The maximum Gasteiger partial charge on any atom is 0.270 e. The summed E-state index contributed by atoms with van der Waals surface area (Å²) in [6, 6.07) is 4.91. The zero-order chi connectivity index (χ0) is 23.0. The zero-order valence-electron chi connectivity index (χ0n) is 17.4. The van der Waals surface area contributed by atoms with Crippen molar-refractivity contribution in [3.05, 3.63) is 50.3 Å². The van der Waals surface area contributed by atoms with Crippen LogP contribution in [0.15, 0.2) is 33.0 Å². The number of carbonyl (C=O) groups excluding carboxylic acids is 1. The van der Waals surface area contributed by atoms with E-state index in [0.717, 1.165) is 26.8 Å². The van der Waals surface area contributed by atoms with E-state index >= 15 is 0 Å². The highest BCUT2D eigenvalue weighted by atomic mass is 35.5. The second-order valence-electron chi connectivity index (χ2n) is 7.00. The number of hydrogen-bond donors (Lipinski definition) is 0. The number of thiophene rings is 1. The Morgan fingerprint density at radius 1 is 1.28 bits per heavy atom. The minimum atomic E-state index is -4.23. The highest BCUT2D eigenvalue weighted by Gasteiger charge is 2.34. The fourth-order valence-corrected chi connectivity index (χ4v) is 6.12. The molecule has 0 aliphatic carbocycles. The van der Waals surface area contributed by atoms with E-state index in [1.54, 1.807) is 24.4 Å². The summed E-state index contributed by atoms with van der Waals surface area (Å²) in [6.07, 6.45) is -0.00203. The van der Waals surface area contributed by atoms with E-state index in [-0.39, 0.29) is 46.4 Å². The molecule has 1 aliphatic rings. The molecule has 0 fully saturated rings. The van der Waals surface area contributed by atoms with Crippen molar-refractivity contribution in [2.45, 2.75) is 25.2 Å². The molecule has 1 aromatic carbocycles. The molecule has 3 aromatic rings. The van der Waals surface area contributed by atoms with Crippen LogP contribution in [0.2, 0.25) is 5.02 Å². The van der Waals surface area contributed by atoms with Crippen molar-refractivity contribution < 1.29 is 31.9 Å². The van der Waals surface area contributed by atoms with Gasteiger partial charge >= 0.3 is 0 Å². The number of sulfonamides is 1. The quantitative estimate of drug-likeness (QED) is 0.339. The molecule has 9 nitrogen and oxygen atoms in total. The Bertz CT molecular complexity index is 1280. The van der Waals surface area contributed by atoms with Crippen molar-refractivity contribution in [1.82, 2.24) is 5.16 Å². The van der Waals surface area contributed by atoms with Crippen molar-refractivity contribution in [2.24, 2.45) is 0 Å². The molecular weight excluding hydrogens is 480 g/mol. The topological polar surface area (TPSA) is 108 Å². The average Bonchev–Trinajstić information content (AvgIpc) is 3.48. The van der Waals surface area contributed by atoms with Crippen LogP contribution < -0.4 is 13.8 Å². The van der Waals surface area contributed by atoms with E-state index in [0.29, 0.717) is 17.2 Å². The Hall–Kier alpha value is -2.60. The van der Waals surface area contributed by atoms with Gasteiger partial charge in [-0.3, -0.25) is 4.79 Å². The first-order chi connectivity index (χ1) is 15.2. The van der Waals surface area contributed by atoms with Crippen molar-refractivity contribution in [3.8, 4) is 11.5 Å². The lowest BCUT2D eigenvalue weighted by Crippen LogP contribution is -2.33. The molecule has 1 aliphatic heterocycles. The van der Waals surface area contributed by atoms with Crippen molar-refractivity contribution in [1.29, 1.82) is 0 Å². The molecule has 32 heavy (non-hydrogen) atoms. The molecule has 0 saturated carbocycles. The highest BCUT2D eigenvalue weighted by Crippen LogP contribution is 2.37. The van der Waals surface area contributed by atoms with Gasteiger partial charge in [-0.2, -0.15) is 0 Å². The zero-order valence-corrected chi connectivity index (χ0v) is 19.8. The molecule has 0 radical (unpaired) electrons. The number of Topliss-reactive ketones (excluding diaryl/α,β-unsaturated/α-hetero) is 1. The van der Waals surface area contributed by atoms with Gasteiger partial charge in [-0.25, -0.2) is 12.7 Å². The Morgan fingerprint density at radius 2 is 2.00 bits per heavy atom. The van der Waals surface area contributed by atoms with E-state index in [1.807, 2.05) is 6.92 Å². The van der Waals surface area contributed by atoms with E-state index in [1.165, 1.54) is 13.2 Å². The van der Waals surface area contributed by atoms with Gasteiger partial charge in [-0.05, 0) is 48.6 Å². The van der Waals surface area contributed by atoms with E-state index in [9.17, 15) is 13.2 Å². The molecule has 12 heteroatoms. The van der Waals surface area contributed by atoms with Crippen molar-refractivity contribution >= 4 is 44.6 Å². The first kappa shape index (κ1) is 22.6. The maximum absolute atomic E-state index is 13.5. The summed E-state index contributed by atoms with van der Waals surface area (Å²) in [5.74, 6) is 0.645. The first-order valence-electron chi connectivity index (χ1n) is 9.37. The van der Waals surface area contributed by atoms with E-state index in [2.05, 4.69) is 5.16 Å². The van der Waals surface area contributed by atoms with Gasteiger partial charge in [0.15, 0.2) is 17.3 Å². The number of rotatable bonds is 8. The van der Waals surface area contributed by atoms with E-state index < -0.39 is 10.0 Å². The number of anilines is 1. The number of aryl methyl sites for hydroxylation is 2. The fraction of sp³-hybridized carbons (Fsp3) is 0.300. The number of methoxy groups -OCH3 is 1. The van der Waals surface area contributed by atoms with Crippen LogP contribution in [-0.4, -0.2) is 40.0 Å². The molecule has 0 saturated heterocycles. The number of hydrogen-bond acceptors (Lipinski definition) is 9.